The number of anilines is 1. The molecule has 1 aromatic heterocycles. The first-order chi connectivity index (χ1) is 19.1. The Balaban J connectivity index is 1.49. The Kier molecular flexibility index (Phi) is 8.22. The van der Waals surface area contributed by atoms with Crippen LogP contribution in [0.1, 0.15) is 48.4 Å². The molecule has 0 saturated carbocycles. The summed E-state index contributed by atoms with van der Waals surface area (Å²) in [6.07, 6.45) is 5.04. The van der Waals surface area contributed by atoms with Crippen molar-refractivity contribution < 1.29 is 13.2 Å². The SMILES string of the molecule is CCn1c(N2CCC(Cc3ccccc3)CC2)c(/C=C2\SC(=S)N(C3CCS(=O)(=O)C3)C2=O)c(C)c(C#N)c1=O. The van der Waals surface area contributed by atoms with E-state index in [0.717, 1.165) is 49.9 Å². The summed E-state index contributed by atoms with van der Waals surface area (Å²) in [5.74, 6) is 0.883. The number of sulfone groups is 1. The highest BCUT2D eigenvalue weighted by atomic mass is 32.2. The van der Waals surface area contributed by atoms with Gasteiger partial charge in [-0.25, -0.2) is 8.42 Å². The van der Waals surface area contributed by atoms with E-state index in [2.05, 4.69) is 35.2 Å². The van der Waals surface area contributed by atoms with Crippen molar-refractivity contribution in [3.63, 3.8) is 0 Å². The summed E-state index contributed by atoms with van der Waals surface area (Å²) in [5.41, 5.74) is 2.25. The van der Waals surface area contributed by atoms with Crippen LogP contribution in [0.25, 0.3) is 6.08 Å². The van der Waals surface area contributed by atoms with Crippen molar-refractivity contribution in [2.75, 3.05) is 29.5 Å². The summed E-state index contributed by atoms with van der Waals surface area (Å²) in [5, 5.41) is 9.85. The zero-order chi connectivity index (χ0) is 28.6. The van der Waals surface area contributed by atoms with E-state index >= 15 is 0 Å². The predicted molar refractivity (Wildman–Crippen MR) is 163 cm³/mol. The van der Waals surface area contributed by atoms with E-state index in [1.807, 2.05) is 13.0 Å². The minimum absolute atomic E-state index is 0.0459. The van der Waals surface area contributed by atoms with E-state index in [4.69, 9.17) is 12.2 Å². The van der Waals surface area contributed by atoms with E-state index in [-0.39, 0.29) is 28.5 Å². The molecule has 40 heavy (non-hydrogen) atoms. The molecular weight excluding hydrogens is 565 g/mol. The first kappa shape index (κ1) is 28.6. The number of hydrogen-bond acceptors (Lipinski definition) is 8. The van der Waals surface area contributed by atoms with Gasteiger partial charge in [-0.2, -0.15) is 5.26 Å². The van der Waals surface area contributed by atoms with Gasteiger partial charge in [0.2, 0.25) is 0 Å². The number of pyridine rings is 1. The largest absolute Gasteiger partial charge is 0.357 e. The monoisotopic (exact) mass is 596 g/mol. The van der Waals surface area contributed by atoms with Crippen molar-refractivity contribution in [2.45, 2.75) is 52.1 Å². The lowest BCUT2D eigenvalue weighted by Gasteiger charge is -2.36. The molecule has 1 amide bonds. The molecule has 1 atom stereocenters. The van der Waals surface area contributed by atoms with E-state index < -0.39 is 15.9 Å². The second kappa shape index (κ2) is 11.5. The van der Waals surface area contributed by atoms with E-state index in [9.17, 15) is 23.3 Å². The number of thiocarbonyl (C=S) groups is 1. The van der Waals surface area contributed by atoms with Crippen molar-refractivity contribution in [1.82, 2.24) is 9.47 Å². The lowest BCUT2D eigenvalue weighted by atomic mass is 9.90. The quantitative estimate of drug-likeness (QED) is 0.366. The maximum atomic E-state index is 13.5. The van der Waals surface area contributed by atoms with E-state index in [1.165, 1.54) is 10.5 Å². The topological polar surface area (TPSA) is 103 Å². The number of carbonyl (C=O) groups is 1. The van der Waals surface area contributed by atoms with Crippen LogP contribution in [0, 0.1) is 24.2 Å². The third-order valence-electron chi connectivity index (χ3n) is 8.12. The second-order valence-electron chi connectivity index (χ2n) is 10.6. The molecule has 5 rings (SSSR count). The molecule has 0 aliphatic carbocycles. The van der Waals surface area contributed by atoms with Gasteiger partial charge in [-0.05, 0) is 62.7 Å². The normalized spacial score (nSPS) is 22.3. The van der Waals surface area contributed by atoms with Crippen molar-refractivity contribution >= 4 is 55.9 Å². The Hall–Kier alpha value is -2.94. The number of hydrogen-bond donors (Lipinski definition) is 0. The number of piperidine rings is 1. The van der Waals surface area contributed by atoms with Gasteiger partial charge in [0.15, 0.2) is 9.84 Å². The number of aromatic nitrogens is 1. The molecule has 3 fully saturated rings. The molecule has 2 aromatic rings. The molecule has 0 radical (unpaired) electrons. The van der Waals surface area contributed by atoms with E-state index in [1.54, 1.807) is 17.6 Å². The lowest BCUT2D eigenvalue weighted by molar-refractivity contribution is -0.123. The van der Waals surface area contributed by atoms with Crippen LogP contribution in [0.4, 0.5) is 5.82 Å². The average molecular weight is 597 g/mol. The summed E-state index contributed by atoms with van der Waals surface area (Å²) >= 11 is 6.66. The van der Waals surface area contributed by atoms with Crippen LogP contribution < -0.4 is 10.5 Å². The molecule has 1 unspecified atom stereocenters. The standard InChI is InChI=1S/C29H32N4O4S3/c1-3-32-26(31-12-9-21(10-13-31)15-20-7-5-4-6-8-20)23(19(2)24(17-30)27(32)34)16-25-28(35)33(29(38)39-25)22-11-14-40(36,37)18-22/h4-8,16,21-22H,3,9-15,18H2,1-2H3/b25-16-. The Bertz CT molecular complexity index is 1580. The number of carbonyl (C=O) groups excluding carboxylic acids is 1. The maximum Gasteiger partial charge on any atom is 0.270 e. The molecule has 0 bridgehead atoms. The zero-order valence-corrected chi connectivity index (χ0v) is 25.1. The number of rotatable bonds is 6. The Morgan fingerprint density at radius 2 is 1.85 bits per heavy atom. The van der Waals surface area contributed by atoms with Gasteiger partial charge >= 0.3 is 0 Å². The molecule has 0 N–H and O–H groups in total. The molecule has 8 nitrogen and oxygen atoms in total. The third-order valence-corrected chi connectivity index (χ3v) is 11.2. The fourth-order valence-corrected chi connectivity index (χ4v) is 9.06. The molecular formula is C29H32N4O4S3. The maximum absolute atomic E-state index is 13.5. The van der Waals surface area contributed by atoms with Gasteiger partial charge in [-0.15, -0.1) is 0 Å². The van der Waals surface area contributed by atoms with Gasteiger partial charge in [-0.3, -0.25) is 19.1 Å². The average Bonchev–Trinajstić information content (AvgIpc) is 3.43. The van der Waals surface area contributed by atoms with Crippen molar-refractivity contribution in [1.29, 1.82) is 5.26 Å². The highest BCUT2D eigenvalue weighted by molar-refractivity contribution is 8.26. The second-order valence-corrected chi connectivity index (χ2v) is 14.5. The fourth-order valence-electron chi connectivity index (χ4n) is 5.98. The Morgan fingerprint density at radius 1 is 1.15 bits per heavy atom. The number of amides is 1. The Morgan fingerprint density at radius 3 is 2.45 bits per heavy atom. The highest BCUT2D eigenvalue weighted by Gasteiger charge is 2.42. The molecule has 1 aromatic carbocycles. The van der Waals surface area contributed by atoms with Crippen LogP contribution >= 0.6 is 24.0 Å². The van der Waals surface area contributed by atoms with Gasteiger partial charge < -0.3 is 4.90 Å². The van der Waals surface area contributed by atoms with Gasteiger partial charge in [-0.1, -0.05) is 54.3 Å². The highest BCUT2D eigenvalue weighted by Crippen LogP contribution is 2.39. The summed E-state index contributed by atoms with van der Waals surface area (Å²) in [6, 6.07) is 12.1. The lowest BCUT2D eigenvalue weighted by Crippen LogP contribution is -2.40. The summed E-state index contributed by atoms with van der Waals surface area (Å²) in [7, 11) is -3.19. The minimum Gasteiger partial charge on any atom is -0.357 e. The smallest absolute Gasteiger partial charge is 0.270 e. The number of thioether (sulfide) groups is 1. The number of benzene rings is 1. The summed E-state index contributed by atoms with van der Waals surface area (Å²) < 4.78 is 26.1. The fraction of sp³-hybridized carbons (Fsp3) is 0.448. The summed E-state index contributed by atoms with van der Waals surface area (Å²) in [6.45, 7) is 5.53. The molecule has 11 heteroatoms. The van der Waals surface area contributed by atoms with Crippen molar-refractivity contribution in [3.8, 4) is 6.07 Å². The van der Waals surface area contributed by atoms with Gasteiger partial charge in [0.25, 0.3) is 11.5 Å². The van der Waals surface area contributed by atoms with Crippen LogP contribution in [0.2, 0.25) is 0 Å². The Labute approximate surface area is 244 Å². The predicted octanol–water partition coefficient (Wildman–Crippen LogP) is 3.90. The molecule has 3 aliphatic heterocycles. The summed E-state index contributed by atoms with van der Waals surface area (Å²) in [4.78, 5) is 30.9. The first-order valence-electron chi connectivity index (χ1n) is 13.6. The van der Waals surface area contributed by atoms with Gasteiger partial charge in [0.05, 0.1) is 22.5 Å². The first-order valence-corrected chi connectivity index (χ1v) is 16.6. The molecule has 0 spiro atoms. The van der Waals surface area contributed by atoms with Crippen LogP contribution in [0.5, 0.6) is 0 Å². The number of nitrogens with zero attached hydrogens (tertiary/aromatic N) is 4. The van der Waals surface area contributed by atoms with Gasteiger partial charge in [0, 0.05) is 25.2 Å². The third kappa shape index (κ3) is 5.49. The van der Waals surface area contributed by atoms with Crippen LogP contribution in [0.15, 0.2) is 40.0 Å². The van der Waals surface area contributed by atoms with Crippen LogP contribution in [-0.4, -0.2) is 58.7 Å². The van der Waals surface area contributed by atoms with Crippen molar-refractivity contribution in [3.05, 3.63) is 67.8 Å². The van der Waals surface area contributed by atoms with Crippen LogP contribution in [0.3, 0.4) is 0 Å². The van der Waals surface area contributed by atoms with Crippen molar-refractivity contribution in [2.24, 2.45) is 5.92 Å². The zero-order valence-electron chi connectivity index (χ0n) is 22.6. The molecule has 3 aliphatic rings. The van der Waals surface area contributed by atoms with Gasteiger partial charge in [0.1, 0.15) is 21.8 Å². The van der Waals surface area contributed by atoms with E-state index in [0.29, 0.717) is 39.2 Å². The number of nitriles is 1. The van der Waals surface area contributed by atoms with Crippen LogP contribution in [-0.2, 0) is 27.6 Å². The molecule has 3 saturated heterocycles. The molecule has 210 valence electrons. The minimum atomic E-state index is -3.19. The molecule has 4 heterocycles.